The molecule has 1 amide bonds. The second-order valence-electron chi connectivity index (χ2n) is 9.30. The summed E-state index contributed by atoms with van der Waals surface area (Å²) in [7, 11) is 0. The molecule has 160 valence electrons. The maximum absolute atomic E-state index is 11.6. The molecule has 7 nitrogen and oxygen atoms in total. The van der Waals surface area contributed by atoms with Gasteiger partial charge in [-0.25, -0.2) is 0 Å². The summed E-state index contributed by atoms with van der Waals surface area (Å²) in [5, 5.41) is 13.8. The summed E-state index contributed by atoms with van der Waals surface area (Å²) < 4.78 is 4.93. The van der Waals surface area contributed by atoms with E-state index in [2.05, 4.69) is 33.0 Å². The Balaban J connectivity index is 0. The first-order chi connectivity index (χ1) is 12.1. The lowest BCUT2D eigenvalue weighted by molar-refractivity contribution is -0.562. The fourth-order valence-electron chi connectivity index (χ4n) is 3.11. The fraction of sp³-hybridized carbons (Fsp3) is 0.900. The topological polar surface area (TPSA) is 98.5 Å². The van der Waals surface area contributed by atoms with Crippen LogP contribution in [0.2, 0.25) is 0 Å². The van der Waals surface area contributed by atoms with Gasteiger partial charge in [0.1, 0.15) is 0 Å². The molecular weight excluding hydrogens is 348 g/mol. The number of hydrogen-bond donors (Lipinski definition) is 1. The van der Waals surface area contributed by atoms with Crippen molar-refractivity contribution in [3.63, 3.8) is 0 Å². The van der Waals surface area contributed by atoms with Gasteiger partial charge in [0.25, 0.3) is 0 Å². The largest absolute Gasteiger partial charge is 0.466 e. The molecular formula is C20H40N2O5. The molecule has 0 aromatic heterocycles. The molecule has 2 unspecified atom stereocenters. The highest BCUT2D eigenvalue weighted by Crippen LogP contribution is 2.29. The van der Waals surface area contributed by atoms with Crippen molar-refractivity contribution >= 4 is 11.9 Å². The highest BCUT2D eigenvalue weighted by atomic mass is 16.6. The highest BCUT2D eigenvalue weighted by Gasteiger charge is 2.39. The van der Waals surface area contributed by atoms with Crippen LogP contribution in [-0.4, -0.2) is 34.5 Å². The Morgan fingerprint density at radius 3 is 2.15 bits per heavy atom. The summed E-state index contributed by atoms with van der Waals surface area (Å²) in [6.45, 7) is 17.2. The lowest BCUT2D eigenvalue weighted by atomic mass is 9.84. The molecule has 2 atom stereocenters. The number of rotatable bonds is 7. The second kappa shape index (κ2) is 10.0. The summed E-state index contributed by atoms with van der Waals surface area (Å²) >= 11 is 0. The number of carbonyl (C=O) groups excluding carboxylic acids is 2. The van der Waals surface area contributed by atoms with Crippen molar-refractivity contribution in [3.05, 3.63) is 10.1 Å². The molecule has 1 N–H and O–H groups in total. The van der Waals surface area contributed by atoms with Crippen LogP contribution in [0.4, 0.5) is 0 Å². The lowest BCUT2D eigenvalue weighted by Gasteiger charge is -2.24. The van der Waals surface area contributed by atoms with E-state index in [9.17, 15) is 19.7 Å². The SMILES string of the molecule is CC(C)C1CC(C)(C)NC1=O.CCOC(=O)C(CC(C)(C)[N+](=O)[O-])C(C)C.[HH]. The Bertz CT molecular complexity index is 533. The Labute approximate surface area is 165 Å². The minimum atomic E-state index is -1.10. The molecule has 1 saturated heterocycles. The molecule has 0 aromatic rings. The third-order valence-electron chi connectivity index (χ3n) is 4.94. The van der Waals surface area contributed by atoms with Gasteiger partial charge in [0.05, 0.1) is 12.5 Å². The standard InChI is InChI=1S/C11H21NO4.C9H17NO.H2/c1-6-16-10(13)9(8(2)3)7-11(4,5)12(14)15;1-6(2)7-5-9(3,4)10-8(7)11;/h8-9H,6-7H2,1-5H3;6-7H,5H2,1-4H3,(H,10,11);1H. The molecule has 0 saturated carbocycles. The van der Waals surface area contributed by atoms with Crippen molar-refractivity contribution in [2.24, 2.45) is 23.7 Å². The van der Waals surface area contributed by atoms with Gasteiger partial charge in [-0.2, -0.15) is 0 Å². The molecule has 27 heavy (non-hydrogen) atoms. The third kappa shape index (κ3) is 8.26. The van der Waals surface area contributed by atoms with Crippen LogP contribution >= 0.6 is 0 Å². The van der Waals surface area contributed by atoms with E-state index >= 15 is 0 Å². The molecule has 1 aliphatic heterocycles. The van der Waals surface area contributed by atoms with Crippen molar-refractivity contribution in [1.82, 2.24) is 5.32 Å². The predicted octanol–water partition coefficient (Wildman–Crippen LogP) is 4.07. The van der Waals surface area contributed by atoms with E-state index in [-0.39, 0.29) is 42.0 Å². The Morgan fingerprint density at radius 2 is 1.89 bits per heavy atom. The Morgan fingerprint density at radius 1 is 1.37 bits per heavy atom. The minimum absolute atomic E-state index is 0. The van der Waals surface area contributed by atoms with Crippen LogP contribution in [0.1, 0.15) is 76.6 Å². The molecule has 1 fully saturated rings. The van der Waals surface area contributed by atoms with Crippen LogP contribution < -0.4 is 5.32 Å². The summed E-state index contributed by atoms with van der Waals surface area (Å²) in [5.41, 5.74) is -1.08. The van der Waals surface area contributed by atoms with Gasteiger partial charge in [0.2, 0.25) is 11.4 Å². The van der Waals surface area contributed by atoms with Gasteiger partial charge in [0.15, 0.2) is 0 Å². The van der Waals surface area contributed by atoms with Gasteiger partial charge in [0, 0.05) is 38.1 Å². The normalized spacial score (nSPS) is 20.0. The van der Waals surface area contributed by atoms with Crippen molar-refractivity contribution in [2.45, 2.75) is 86.2 Å². The van der Waals surface area contributed by atoms with E-state index in [1.54, 1.807) is 6.92 Å². The second-order valence-corrected chi connectivity index (χ2v) is 9.30. The first kappa shape index (κ1) is 25.3. The predicted molar refractivity (Wildman–Crippen MR) is 108 cm³/mol. The van der Waals surface area contributed by atoms with E-state index in [4.69, 9.17) is 4.74 Å². The first-order valence-corrected chi connectivity index (χ1v) is 9.77. The van der Waals surface area contributed by atoms with Crippen LogP contribution in [0.5, 0.6) is 0 Å². The average Bonchev–Trinajstić information content (AvgIpc) is 2.78. The van der Waals surface area contributed by atoms with E-state index in [1.165, 1.54) is 13.8 Å². The summed E-state index contributed by atoms with van der Waals surface area (Å²) in [6, 6.07) is 0. The molecule has 1 rings (SSSR count). The highest BCUT2D eigenvalue weighted by molar-refractivity contribution is 5.82. The molecule has 1 heterocycles. The number of hydrogen-bond acceptors (Lipinski definition) is 5. The Hall–Kier alpha value is -1.66. The number of esters is 1. The fourth-order valence-corrected chi connectivity index (χ4v) is 3.11. The van der Waals surface area contributed by atoms with Gasteiger partial charge in [-0.15, -0.1) is 0 Å². The monoisotopic (exact) mass is 388 g/mol. The number of carbonyl (C=O) groups is 2. The summed E-state index contributed by atoms with van der Waals surface area (Å²) in [5.74, 6) is 0.206. The zero-order valence-corrected chi connectivity index (χ0v) is 18.4. The van der Waals surface area contributed by atoms with Gasteiger partial charge in [-0.3, -0.25) is 19.7 Å². The van der Waals surface area contributed by atoms with Gasteiger partial charge >= 0.3 is 5.97 Å². The number of nitrogens with zero attached hydrogens (tertiary/aromatic N) is 1. The maximum atomic E-state index is 11.6. The van der Waals surface area contributed by atoms with Crippen LogP contribution in [0.15, 0.2) is 0 Å². The molecule has 7 heteroatoms. The van der Waals surface area contributed by atoms with Crippen LogP contribution in [0.25, 0.3) is 0 Å². The smallest absolute Gasteiger partial charge is 0.309 e. The van der Waals surface area contributed by atoms with E-state index in [0.717, 1.165) is 6.42 Å². The van der Waals surface area contributed by atoms with Crippen molar-refractivity contribution in [2.75, 3.05) is 6.61 Å². The van der Waals surface area contributed by atoms with Crippen molar-refractivity contribution in [3.8, 4) is 0 Å². The summed E-state index contributed by atoms with van der Waals surface area (Å²) in [4.78, 5) is 33.4. The third-order valence-corrected chi connectivity index (χ3v) is 4.94. The summed E-state index contributed by atoms with van der Waals surface area (Å²) in [6.07, 6.45) is 1.18. The molecule has 1 aliphatic rings. The van der Waals surface area contributed by atoms with Gasteiger partial charge < -0.3 is 10.1 Å². The quantitative estimate of drug-likeness (QED) is 0.403. The van der Waals surface area contributed by atoms with Crippen molar-refractivity contribution in [1.29, 1.82) is 0 Å². The van der Waals surface area contributed by atoms with Crippen LogP contribution in [-0.2, 0) is 14.3 Å². The van der Waals surface area contributed by atoms with Crippen LogP contribution in [0.3, 0.4) is 0 Å². The van der Waals surface area contributed by atoms with Gasteiger partial charge in [-0.1, -0.05) is 27.7 Å². The van der Waals surface area contributed by atoms with E-state index in [0.29, 0.717) is 12.5 Å². The molecule has 0 spiro atoms. The van der Waals surface area contributed by atoms with Crippen LogP contribution in [0, 0.1) is 33.8 Å². The zero-order chi connectivity index (χ0) is 21.6. The van der Waals surface area contributed by atoms with Crippen molar-refractivity contribution < 1.29 is 20.7 Å². The first-order valence-electron chi connectivity index (χ1n) is 9.77. The number of nitrogens with one attached hydrogen (secondary N) is 1. The number of ether oxygens (including phenoxy) is 1. The van der Waals surface area contributed by atoms with E-state index in [1.807, 2.05) is 13.8 Å². The number of amides is 1. The van der Waals surface area contributed by atoms with Gasteiger partial charge in [-0.05, 0) is 39.0 Å². The lowest BCUT2D eigenvalue weighted by Crippen LogP contribution is -2.37. The number of nitro groups is 1. The minimum Gasteiger partial charge on any atom is -0.466 e. The molecule has 0 aromatic carbocycles. The maximum Gasteiger partial charge on any atom is 0.309 e. The zero-order valence-electron chi connectivity index (χ0n) is 18.4. The average molecular weight is 389 g/mol. The molecule has 0 aliphatic carbocycles. The molecule has 0 bridgehead atoms. The van der Waals surface area contributed by atoms with E-state index < -0.39 is 11.5 Å². The Kier molecular flexibility index (Phi) is 9.42. The molecule has 0 radical (unpaired) electrons.